The molecule has 6 rings (SSSR count). The van der Waals surface area contributed by atoms with Gasteiger partial charge >= 0.3 is 0 Å². The molecule has 4 heterocycles. The minimum Gasteiger partial charge on any atom is -0.489 e. The second-order valence-corrected chi connectivity index (χ2v) is 9.25. The molecule has 3 unspecified atom stereocenters. The van der Waals surface area contributed by atoms with Crippen LogP contribution in [0.25, 0.3) is 0 Å². The van der Waals surface area contributed by atoms with Gasteiger partial charge in [-0.25, -0.2) is 4.99 Å². The van der Waals surface area contributed by atoms with Gasteiger partial charge in [-0.3, -0.25) is 9.69 Å². The van der Waals surface area contributed by atoms with Crippen molar-refractivity contribution in [3.05, 3.63) is 28.2 Å². The topological polar surface area (TPSA) is 77.2 Å². The van der Waals surface area contributed by atoms with E-state index in [1.54, 1.807) is 7.05 Å². The molecular formula is C20H24BrN3O3. The van der Waals surface area contributed by atoms with Crippen LogP contribution in [0.1, 0.15) is 43.7 Å². The quantitative estimate of drug-likeness (QED) is 0.738. The molecule has 2 saturated heterocycles. The van der Waals surface area contributed by atoms with Crippen LogP contribution >= 0.6 is 15.9 Å². The number of carbonyl (C=O) groups is 1. The lowest BCUT2D eigenvalue weighted by Crippen LogP contribution is -2.53. The van der Waals surface area contributed by atoms with Crippen LogP contribution in [0.4, 0.5) is 0 Å². The number of fused-ring (bicyclic) bond motifs is 6. The zero-order valence-electron chi connectivity index (χ0n) is 15.4. The lowest BCUT2D eigenvalue weighted by molar-refractivity contribution is -0.159. The van der Waals surface area contributed by atoms with Gasteiger partial charge in [-0.1, -0.05) is 15.9 Å². The Kier molecular flexibility index (Phi) is 4.02. The molecule has 1 aromatic carbocycles. The number of aliphatic imine (C=N–C) groups is 1. The van der Waals surface area contributed by atoms with E-state index < -0.39 is 0 Å². The molecule has 6 nitrogen and oxygen atoms in total. The van der Waals surface area contributed by atoms with Crippen LogP contribution in [0.3, 0.4) is 0 Å². The van der Waals surface area contributed by atoms with Gasteiger partial charge in [0.05, 0.1) is 24.7 Å². The molecule has 0 aromatic heterocycles. The smallest absolute Gasteiger partial charge is 0.234 e. The zero-order valence-corrected chi connectivity index (χ0v) is 16.9. The molecule has 0 radical (unpaired) electrons. The Labute approximate surface area is 167 Å². The maximum absolute atomic E-state index is 13.1. The summed E-state index contributed by atoms with van der Waals surface area (Å²) in [7, 11) is 1.70. The van der Waals surface area contributed by atoms with Crippen molar-refractivity contribution in [2.24, 2.45) is 22.1 Å². The van der Waals surface area contributed by atoms with Gasteiger partial charge in [-0.2, -0.15) is 0 Å². The Morgan fingerprint density at radius 3 is 2.81 bits per heavy atom. The van der Waals surface area contributed by atoms with Crippen LogP contribution in [-0.2, 0) is 9.53 Å². The normalized spacial score (nSPS) is 37.8. The van der Waals surface area contributed by atoms with E-state index in [2.05, 4.69) is 20.9 Å². The van der Waals surface area contributed by atoms with Crippen LogP contribution in [0, 0.1) is 11.3 Å². The first-order valence-corrected chi connectivity index (χ1v) is 10.4. The van der Waals surface area contributed by atoms with Crippen molar-refractivity contribution < 1.29 is 14.3 Å². The first kappa shape index (κ1) is 17.5. The molecule has 7 heteroatoms. The molecule has 5 aliphatic rings. The number of halogens is 1. The number of carbonyl (C=O) groups excluding carboxylic acids is 1. The minimum absolute atomic E-state index is 0.0143. The third-order valence-electron chi connectivity index (χ3n) is 6.89. The number of benzene rings is 1. The summed E-state index contributed by atoms with van der Waals surface area (Å²) in [6.45, 7) is 0.723. The maximum Gasteiger partial charge on any atom is 0.234 e. The fourth-order valence-electron chi connectivity index (χ4n) is 5.17. The van der Waals surface area contributed by atoms with Gasteiger partial charge < -0.3 is 15.2 Å². The molecule has 1 saturated carbocycles. The standard InChI is InChI=1S/C20H24BrN3O3/c1-24-18(25)14-9-16(20-6-4-12(5-7-20)26-10-20)27-15-3-2-11(21)8-13(15)17(14)23-19(24)22/h2-3,8,12,14,16-17H,4-7,9-10H2,1H3,(H2,22,23). The first-order chi connectivity index (χ1) is 13.0. The molecule has 3 fully saturated rings. The Morgan fingerprint density at radius 1 is 1.33 bits per heavy atom. The van der Waals surface area contributed by atoms with Gasteiger partial charge in [-0.15, -0.1) is 0 Å². The molecule has 1 amide bonds. The predicted molar refractivity (Wildman–Crippen MR) is 104 cm³/mol. The second kappa shape index (κ2) is 6.21. The number of hydrogen-bond donors (Lipinski definition) is 1. The summed E-state index contributed by atoms with van der Waals surface area (Å²) in [4.78, 5) is 19.3. The third-order valence-corrected chi connectivity index (χ3v) is 7.38. The Bertz CT molecular complexity index is 805. The molecule has 1 aromatic rings. The van der Waals surface area contributed by atoms with Gasteiger partial charge in [0, 0.05) is 22.5 Å². The molecule has 4 aliphatic heterocycles. The van der Waals surface area contributed by atoms with Crippen LogP contribution in [0.5, 0.6) is 5.75 Å². The first-order valence-electron chi connectivity index (χ1n) is 9.65. The molecule has 2 bridgehead atoms. The number of hydrogen-bond acceptors (Lipinski definition) is 5. The van der Waals surface area contributed by atoms with Crippen LogP contribution in [0.2, 0.25) is 0 Å². The van der Waals surface area contributed by atoms with Gasteiger partial charge in [-0.05, 0) is 50.3 Å². The van der Waals surface area contributed by atoms with E-state index in [9.17, 15) is 4.79 Å². The van der Waals surface area contributed by atoms with Crippen molar-refractivity contribution in [1.29, 1.82) is 0 Å². The van der Waals surface area contributed by atoms with E-state index >= 15 is 0 Å². The summed E-state index contributed by atoms with van der Waals surface area (Å²) in [6, 6.07) is 5.67. The van der Waals surface area contributed by atoms with Gasteiger partial charge in [0.1, 0.15) is 11.9 Å². The number of nitrogens with two attached hydrogens (primary N) is 1. The summed E-state index contributed by atoms with van der Waals surface area (Å²) in [5, 5.41) is 0. The lowest BCUT2D eigenvalue weighted by Gasteiger charge is -2.50. The van der Waals surface area contributed by atoms with E-state index in [0.717, 1.165) is 48.1 Å². The van der Waals surface area contributed by atoms with Crippen LogP contribution in [0.15, 0.2) is 27.7 Å². The summed E-state index contributed by atoms with van der Waals surface area (Å²) >= 11 is 3.55. The highest BCUT2D eigenvalue weighted by Crippen LogP contribution is 2.52. The minimum atomic E-state index is -0.302. The van der Waals surface area contributed by atoms with E-state index in [0.29, 0.717) is 12.5 Å². The Morgan fingerprint density at radius 2 is 2.11 bits per heavy atom. The zero-order chi connectivity index (χ0) is 18.8. The number of amides is 1. The SMILES string of the molecule is CN1C(=O)C2CC(C34CCC(CC3)OC4)Oc3ccc(Br)cc3C2N=C1N. The third kappa shape index (κ3) is 2.70. The monoisotopic (exact) mass is 433 g/mol. The second-order valence-electron chi connectivity index (χ2n) is 8.33. The summed E-state index contributed by atoms with van der Waals surface area (Å²) in [6.07, 6.45) is 5.36. The van der Waals surface area contributed by atoms with Crippen LogP contribution < -0.4 is 10.5 Å². The molecule has 144 valence electrons. The molecular weight excluding hydrogens is 410 g/mol. The van der Waals surface area contributed by atoms with Gasteiger partial charge in [0.15, 0.2) is 5.96 Å². The lowest BCUT2D eigenvalue weighted by atomic mass is 9.65. The summed E-state index contributed by atoms with van der Waals surface area (Å²) in [5.41, 5.74) is 6.96. The number of ether oxygens (including phenoxy) is 2. The predicted octanol–water partition coefficient (Wildman–Crippen LogP) is 3.00. The van der Waals surface area contributed by atoms with E-state index in [1.165, 1.54) is 4.90 Å². The fourth-order valence-corrected chi connectivity index (χ4v) is 5.55. The summed E-state index contributed by atoms with van der Waals surface area (Å²) < 4.78 is 13.6. The van der Waals surface area contributed by atoms with Crippen molar-refractivity contribution in [1.82, 2.24) is 4.90 Å². The number of nitrogens with zero attached hydrogens (tertiary/aromatic N) is 2. The highest BCUT2D eigenvalue weighted by Gasteiger charge is 2.52. The van der Waals surface area contributed by atoms with Crippen molar-refractivity contribution in [2.75, 3.05) is 13.7 Å². The number of rotatable bonds is 1. The van der Waals surface area contributed by atoms with Gasteiger partial charge in [0.2, 0.25) is 5.91 Å². The highest BCUT2D eigenvalue weighted by atomic mass is 79.9. The average Bonchev–Trinajstić information content (AvgIpc) is 2.85. The molecule has 0 spiro atoms. The number of guanidine groups is 1. The Balaban J connectivity index is 1.60. The average molecular weight is 434 g/mol. The largest absolute Gasteiger partial charge is 0.489 e. The maximum atomic E-state index is 13.1. The van der Waals surface area contributed by atoms with Crippen molar-refractivity contribution >= 4 is 27.8 Å². The van der Waals surface area contributed by atoms with Gasteiger partial charge in [0.25, 0.3) is 0 Å². The van der Waals surface area contributed by atoms with E-state index in [1.807, 2.05) is 18.2 Å². The highest BCUT2D eigenvalue weighted by molar-refractivity contribution is 9.10. The summed E-state index contributed by atoms with van der Waals surface area (Å²) in [5.74, 6) is 0.838. The van der Waals surface area contributed by atoms with Crippen molar-refractivity contribution in [3.8, 4) is 5.75 Å². The molecule has 2 N–H and O–H groups in total. The molecule has 27 heavy (non-hydrogen) atoms. The van der Waals surface area contributed by atoms with E-state index in [4.69, 9.17) is 15.2 Å². The molecule has 1 aliphatic carbocycles. The van der Waals surface area contributed by atoms with E-state index in [-0.39, 0.29) is 35.3 Å². The van der Waals surface area contributed by atoms with Crippen molar-refractivity contribution in [2.45, 2.75) is 50.4 Å². The molecule has 3 atom stereocenters. The Hall–Kier alpha value is -1.60. The van der Waals surface area contributed by atoms with Crippen molar-refractivity contribution in [3.63, 3.8) is 0 Å². The fraction of sp³-hybridized carbons (Fsp3) is 0.600. The van der Waals surface area contributed by atoms with Crippen LogP contribution in [-0.4, -0.2) is 42.6 Å².